The zero-order valence-electron chi connectivity index (χ0n) is 19.5. The van der Waals surface area contributed by atoms with Gasteiger partial charge in [-0.25, -0.2) is 13.4 Å². The third-order valence-corrected chi connectivity index (χ3v) is 7.57. The smallest absolute Gasteiger partial charge is 0.261 e. The maximum Gasteiger partial charge on any atom is 0.261 e. The first-order valence-corrected chi connectivity index (χ1v) is 13.0. The maximum absolute atomic E-state index is 12.7. The first kappa shape index (κ1) is 23.8. The average Bonchev–Trinajstić information content (AvgIpc) is 2.85. The Bertz CT molecular complexity index is 1230. The molecule has 34 heavy (non-hydrogen) atoms. The summed E-state index contributed by atoms with van der Waals surface area (Å²) < 4.78 is 28.0. The van der Waals surface area contributed by atoms with E-state index in [0.29, 0.717) is 17.8 Å². The van der Waals surface area contributed by atoms with Crippen LogP contribution >= 0.6 is 0 Å². The summed E-state index contributed by atoms with van der Waals surface area (Å²) in [4.78, 5) is 19.5. The fourth-order valence-electron chi connectivity index (χ4n) is 3.91. The van der Waals surface area contributed by atoms with E-state index in [1.54, 1.807) is 18.3 Å². The fourth-order valence-corrected chi connectivity index (χ4v) is 5.04. The number of rotatable bonds is 7. The number of hydrogen-bond acceptors (Lipinski definition) is 5. The number of sulfonamides is 1. The topological polar surface area (TPSA) is 91.4 Å². The van der Waals surface area contributed by atoms with E-state index in [4.69, 9.17) is 0 Å². The van der Waals surface area contributed by atoms with Crippen LogP contribution in [0.4, 0.5) is 11.5 Å². The monoisotopic (exact) mass is 478 g/mol. The Morgan fingerprint density at radius 3 is 2.38 bits per heavy atom. The van der Waals surface area contributed by atoms with Crippen molar-refractivity contribution in [3.05, 3.63) is 83.6 Å². The van der Waals surface area contributed by atoms with E-state index in [0.717, 1.165) is 36.0 Å². The molecular weight excluding hydrogens is 448 g/mol. The number of nitrogens with one attached hydrogen (secondary N) is 2. The van der Waals surface area contributed by atoms with Gasteiger partial charge in [-0.3, -0.25) is 9.52 Å². The van der Waals surface area contributed by atoms with Crippen LogP contribution < -0.4 is 14.9 Å². The molecule has 2 aromatic carbocycles. The van der Waals surface area contributed by atoms with Crippen molar-refractivity contribution < 1.29 is 13.2 Å². The molecule has 0 spiro atoms. The molecule has 4 rings (SSSR count). The van der Waals surface area contributed by atoms with Crippen molar-refractivity contribution in [2.75, 3.05) is 22.7 Å². The van der Waals surface area contributed by atoms with E-state index in [1.807, 2.05) is 31.2 Å². The third-order valence-electron chi connectivity index (χ3n) is 6.19. The summed E-state index contributed by atoms with van der Waals surface area (Å²) in [5, 5.41) is 2.87. The third kappa shape index (κ3) is 5.75. The van der Waals surface area contributed by atoms with E-state index in [-0.39, 0.29) is 10.8 Å². The lowest BCUT2D eigenvalue weighted by Gasteiger charge is -2.31. The highest BCUT2D eigenvalue weighted by Gasteiger charge is 2.18. The van der Waals surface area contributed by atoms with Gasteiger partial charge in [-0.1, -0.05) is 31.2 Å². The summed E-state index contributed by atoms with van der Waals surface area (Å²) >= 11 is 0. The van der Waals surface area contributed by atoms with Gasteiger partial charge in [-0.15, -0.1) is 0 Å². The molecule has 0 aliphatic carbocycles. The lowest BCUT2D eigenvalue weighted by atomic mass is 9.99. The van der Waals surface area contributed by atoms with Gasteiger partial charge in [0.15, 0.2) is 0 Å². The summed E-state index contributed by atoms with van der Waals surface area (Å²) in [6, 6.07) is 17.0. The van der Waals surface area contributed by atoms with Gasteiger partial charge in [-0.2, -0.15) is 0 Å². The van der Waals surface area contributed by atoms with Gasteiger partial charge in [0.1, 0.15) is 5.82 Å². The number of carbonyl (C=O) groups is 1. The zero-order chi connectivity index (χ0) is 24.1. The molecule has 2 heterocycles. The predicted octanol–water partition coefficient (Wildman–Crippen LogP) is 4.36. The first-order chi connectivity index (χ1) is 16.3. The Morgan fingerprint density at radius 1 is 1.03 bits per heavy atom. The highest BCUT2D eigenvalue weighted by Crippen LogP contribution is 2.22. The Morgan fingerprint density at radius 2 is 1.74 bits per heavy atom. The normalized spacial score (nSPS) is 14.6. The molecule has 0 unspecified atom stereocenters. The largest absolute Gasteiger partial charge is 0.357 e. The number of amides is 1. The number of benzene rings is 2. The zero-order valence-corrected chi connectivity index (χ0v) is 20.3. The van der Waals surface area contributed by atoms with E-state index >= 15 is 0 Å². The number of hydrogen-bond donors (Lipinski definition) is 2. The van der Waals surface area contributed by atoms with Gasteiger partial charge in [0.2, 0.25) is 0 Å². The number of piperidine rings is 1. The molecule has 0 saturated carbocycles. The highest BCUT2D eigenvalue weighted by atomic mass is 32.2. The average molecular weight is 479 g/mol. The van der Waals surface area contributed by atoms with Crippen molar-refractivity contribution in [1.82, 2.24) is 10.3 Å². The number of aromatic nitrogens is 1. The van der Waals surface area contributed by atoms with Crippen LogP contribution in [0.1, 0.15) is 41.3 Å². The Hall–Kier alpha value is -3.39. The number of anilines is 2. The second-order valence-electron chi connectivity index (χ2n) is 8.82. The number of carbonyl (C=O) groups excluding carboxylic acids is 1. The second-order valence-corrected chi connectivity index (χ2v) is 10.5. The van der Waals surface area contributed by atoms with Gasteiger partial charge in [0.05, 0.1) is 10.6 Å². The van der Waals surface area contributed by atoms with Crippen LogP contribution in [0, 0.1) is 12.8 Å². The van der Waals surface area contributed by atoms with Gasteiger partial charge in [0, 0.05) is 31.4 Å². The van der Waals surface area contributed by atoms with E-state index in [2.05, 4.69) is 26.8 Å². The highest BCUT2D eigenvalue weighted by molar-refractivity contribution is 7.92. The standard InChI is InChI=1S/C26H30N4O3S/c1-19-13-15-30(16-14-19)25-12-7-21(17-27-25)18-28-26(31)22-8-10-23(11-9-22)34(32,33)29-24-6-4-3-5-20(24)2/h3-12,17,19,29H,13-16,18H2,1-2H3,(H,28,31). The first-order valence-electron chi connectivity index (χ1n) is 11.5. The molecule has 7 nitrogen and oxygen atoms in total. The van der Waals surface area contributed by atoms with Crippen LogP contribution in [0.2, 0.25) is 0 Å². The van der Waals surface area contributed by atoms with Crippen molar-refractivity contribution >= 4 is 27.4 Å². The number of para-hydroxylation sites is 1. The molecule has 1 amide bonds. The van der Waals surface area contributed by atoms with Crippen LogP contribution in [0.5, 0.6) is 0 Å². The SMILES string of the molecule is Cc1ccccc1NS(=O)(=O)c1ccc(C(=O)NCc2ccc(N3CCC(C)CC3)nc2)cc1. The molecular formula is C26H30N4O3S. The molecule has 0 bridgehead atoms. The Balaban J connectivity index is 1.33. The molecule has 1 fully saturated rings. The van der Waals surface area contributed by atoms with Crippen LogP contribution in [-0.4, -0.2) is 32.4 Å². The molecule has 178 valence electrons. The molecule has 8 heteroatoms. The van der Waals surface area contributed by atoms with E-state index < -0.39 is 10.0 Å². The Labute approximate surface area is 201 Å². The predicted molar refractivity (Wildman–Crippen MR) is 134 cm³/mol. The lowest BCUT2D eigenvalue weighted by molar-refractivity contribution is 0.0951. The second kappa shape index (κ2) is 10.3. The van der Waals surface area contributed by atoms with Gasteiger partial charge in [0.25, 0.3) is 15.9 Å². The fraction of sp³-hybridized carbons (Fsp3) is 0.308. The lowest BCUT2D eigenvalue weighted by Crippen LogP contribution is -2.33. The Kier molecular flexibility index (Phi) is 7.17. The van der Waals surface area contributed by atoms with E-state index in [1.165, 1.54) is 37.1 Å². The van der Waals surface area contributed by atoms with Crippen LogP contribution in [-0.2, 0) is 16.6 Å². The van der Waals surface area contributed by atoms with Crippen LogP contribution in [0.15, 0.2) is 71.8 Å². The minimum absolute atomic E-state index is 0.0965. The quantitative estimate of drug-likeness (QED) is 0.527. The van der Waals surface area contributed by atoms with Crippen LogP contribution in [0.3, 0.4) is 0 Å². The number of aryl methyl sites for hydroxylation is 1. The molecule has 1 saturated heterocycles. The minimum atomic E-state index is -3.74. The molecule has 2 N–H and O–H groups in total. The van der Waals surface area contributed by atoms with Gasteiger partial charge in [-0.05, 0) is 73.2 Å². The number of pyridine rings is 1. The molecule has 0 radical (unpaired) electrons. The summed E-state index contributed by atoms with van der Waals surface area (Å²) in [7, 11) is -3.74. The van der Waals surface area contributed by atoms with Gasteiger partial charge >= 0.3 is 0 Å². The minimum Gasteiger partial charge on any atom is -0.357 e. The summed E-state index contributed by atoms with van der Waals surface area (Å²) in [5.74, 6) is 1.47. The summed E-state index contributed by atoms with van der Waals surface area (Å²) in [5.41, 5.74) is 2.65. The summed E-state index contributed by atoms with van der Waals surface area (Å²) in [6.45, 7) is 6.51. The molecule has 3 aromatic rings. The van der Waals surface area contributed by atoms with Crippen molar-refractivity contribution in [1.29, 1.82) is 0 Å². The van der Waals surface area contributed by atoms with Crippen molar-refractivity contribution in [3.8, 4) is 0 Å². The maximum atomic E-state index is 12.7. The molecule has 0 atom stereocenters. The van der Waals surface area contributed by atoms with Gasteiger partial charge < -0.3 is 10.2 Å². The molecule has 1 aromatic heterocycles. The van der Waals surface area contributed by atoms with Crippen LogP contribution in [0.25, 0.3) is 0 Å². The van der Waals surface area contributed by atoms with Crippen molar-refractivity contribution in [2.24, 2.45) is 5.92 Å². The van der Waals surface area contributed by atoms with Crippen molar-refractivity contribution in [2.45, 2.75) is 38.1 Å². The molecule has 1 aliphatic heterocycles. The summed E-state index contributed by atoms with van der Waals surface area (Å²) in [6.07, 6.45) is 4.16. The molecule has 1 aliphatic rings. The van der Waals surface area contributed by atoms with E-state index in [9.17, 15) is 13.2 Å². The van der Waals surface area contributed by atoms with Crippen molar-refractivity contribution in [3.63, 3.8) is 0 Å². The number of nitrogens with zero attached hydrogens (tertiary/aromatic N) is 2.